The van der Waals surface area contributed by atoms with Crippen molar-refractivity contribution in [1.29, 1.82) is 0 Å². The average Bonchev–Trinajstić information content (AvgIpc) is 2.46. The molecule has 8 N–H and O–H groups in total. The molecule has 0 aromatic heterocycles. The minimum absolute atomic E-state index is 0.148. The number of rotatable bonds is 6. The Morgan fingerprint density at radius 3 is 1.25 bits per heavy atom. The van der Waals surface area contributed by atoms with Gasteiger partial charge in [0.2, 0.25) is 0 Å². The van der Waals surface area contributed by atoms with Crippen molar-refractivity contribution in [1.82, 2.24) is 0 Å². The predicted octanol–water partition coefficient (Wildman–Crippen LogP) is 0.0576. The van der Waals surface area contributed by atoms with Crippen LogP contribution in [0.25, 0.3) is 0 Å². The minimum atomic E-state index is -2.89. The van der Waals surface area contributed by atoms with Crippen molar-refractivity contribution in [2.75, 3.05) is 21.3 Å². The van der Waals surface area contributed by atoms with Crippen molar-refractivity contribution in [3.63, 3.8) is 0 Å². The molecule has 8 heteroatoms. The van der Waals surface area contributed by atoms with E-state index in [0.717, 1.165) is 0 Å². The maximum atomic E-state index is 5.82. The zero-order chi connectivity index (χ0) is 17.4. The van der Waals surface area contributed by atoms with Crippen LogP contribution in [0.2, 0.25) is 0 Å². The molecule has 0 radical (unpaired) electrons. The Hall–Kier alpha value is -0.843. The number of hydrogen-bond acceptors (Lipinski definition) is 7. The van der Waals surface area contributed by atoms with Crippen LogP contribution in [0, 0.1) is 0 Å². The van der Waals surface area contributed by atoms with Gasteiger partial charge in [-0.15, -0.1) is 39.5 Å². The van der Waals surface area contributed by atoms with Gasteiger partial charge in [0.05, 0.1) is 5.67 Å². The SMILES string of the molecule is C=C.C=C.C=C.CO[Si](OC)(OC)C(N)CC(N)(N)N. The fourth-order valence-corrected chi connectivity index (χ4v) is 3.22. The summed E-state index contributed by atoms with van der Waals surface area (Å²) in [4.78, 5) is 0. The minimum Gasteiger partial charge on any atom is -0.376 e. The topological polar surface area (TPSA) is 132 Å². The van der Waals surface area contributed by atoms with Crippen LogP contribution in [0.4, 0.5) is 0 Å². The van der Waals surface area contributed by atoms with Gasteiger partial charge in [-0.2, -0.15) is 0 Å². The van der Waals surface area contributed by atoms with Crippen molar-refractivity contribution < 1.29 is 13.3 Å². The van der Waals surface area contributed by atoms with E-state index in [4.69, 9.17) is 36.2 Å². The molecule has 122 valence electrons. The first-order valence-corrected chi connectivity index (χ1v) is 7.39. The Kier molecular flexibility index (Phi) is 22.3. The molecule has 0 aromatic rings. The molecule has 0 aliphatic rings. The summed E-state index contributed by atoms with van der Waals surface area (Å²) in [6.45, 7) is 18.0. The molecular weight excluding hydrogens is 276 g/mol. The van der Waals surface area contributed by atoms with E-state index in [2.05, 4.69) is 39.5 Å². The van der Waals surface area contributed by atoms with Crippen molar-refractivity contribution >= 4 is 8.80 Å². The molecule has 0 bridgehead atoms. The summed E-state index contributed by atoms with van der Waals surface area (Å²) >= 11 is 0. The second-order valence-corrected chi connectivity index (χ2v) is 6.31. The summed E-state index contributed by atoms with van der Waals surface area (Å²) in [7, 11) is 1.50. The fourth-order valence-electron chi connectivity index (χ4n) is 1.21. The standard InChI is InChI=1S/C6H20N4O3Si.3C2H4/c1-11-14(12-2,13-3)5(7)4-6(8,9)10;3*1-2/h5H,4,7-10H2,1-3H3;3*1-2H2. The van der Waals surface area contributed by atoms with Gasteiger partial charge >= 0.3 is 8.80 Å². The van der Waals surface area contributed by atoms with Crippen molar-refractivity contribution in [2.24, 2.45) is 22.9 Å². The largest absolute Gasteiger partial charge is 0.517 e. The van der Waals surface area contributed by atoms with E-state index >= 15 is 0 Å². The fraction of sp³-hybridized carbons (Fsp3) is 0.500. The van der Waals surface area contributed by atoms with Gasteiger partial charge in [0, 0.05) is 27.8 Å². The third kappa shape index (κ3) is 12.2. The van der Waals surface area contributed by atoms with Gasteiger partial charge in [-0.3, -0.25) is 0 Å². The lowest BCUT2D eigenvalue weighted by atomic mass is 10.3. The second kappa shape index (κ2) is 16.2. The molecule has 0 rings (SSSR count). The van der Waals surface area contributed by atoms with Crippen molar-refractivity contribution in [3.05, 3.63) is 39.5 Å². The zero-order valence-electron chi connectivity index (χ0n) is 13.1. The van der Waals surface area contributed by atoms with Gasteiger partial charge in [-0.1, -0.05) is 0 Å². The smallest absolute Gasteiger partial charge is 0.376 e. The van der Waals surface area contributed by atoms with E-state index < -0.39 is 20.3 Å². The average molecular weight is 308 g/mol. The Labute approximate surface area is 124 Å². The maximum absolute atomic E-state index is 5.82. The first-order chi connectivity index (χ1) is 9.31. The third-order valence-electron chi connectivity index (χ3n) is 1.88. The third-order valence-corrected chi connectivity index (χ3v) is 4.70. The summed E-state index contributed by atoms with van der Waals surface area (Å²) in [6.07, 6.45) is 0.148. The highest BCUT2D eigenvalue weighted by molar-refractivity contribution is 6.62. The highest BCUT2D eigenvalue weighted by Gasteiger charge is 2.47. The summed E-state index contributed by atoms with van der Waals surface area (Å²) in [5.41, 5.74) is 21.5. The molecule has 0 aliphatic heterocycles. The summed E-state index contributed by atoms with van der Waals surface area (Å²) in [6, 6.07) is 0. The molecule has 0 heterocycles. The van der Waals surface area contributed by atoms with Gasteiger partial charge in [0.15, 0.2) is 0 Å². The van der Waals surface area contributed by atoms with E-state index in [0.29, 0.717) is 0 Å². The molecule has 0 spiro atoms. The summed E-state index contributed by atoms with van der Waals surface area (Å²) in [5, 5.41) is 0. The van der Waals surface area contributed by atoms with Gasteiger partial charge in [0.1, 0.15) is 5.79 Å². The van der Waals surface area contributed by atoms with Crippen LogP contribution in [0.1, 0.15) is 6.42 Å². The number of nitrogens with two attached hydrogens (primary N) is 4. The van der Waals surface area contributed by atoms with Gasteiger partial charge in [0.25, 0.3) is 0 Å². The first kappa shape index (κ1) is 27.5. The summed E-state index contributed by atoms with van der Waals surface area (Å²) in [5.74, 6) is -1.35. The Bertz CT molecular complexity index is 198. The van der Waals surface area contributed by atoms with Gasteiger partial charge in [-0.25, -0.2) is 0 Å². The van der Waals surface area contributed by atoms with E-state index in [9.17, 15) is 0 Å². The molecule has 0 fully saturated rings. The molecule has 20 heavy (non-hydrogen) atoms. The van der Waals surface area contributed by atoms with Crippen LogP contribution >= 0.6 is 0 Å². The van der Waals surface area contributed by atoms with Crippen LogP contribution in [-0.2, 0) is 13.3 Å². The lowest BCUT2D eigenvalue weighted by Crippen LogP contribution is -2.67. The predicted molar refractivity (Wildman–Crippen MR) is 88.4 cm³/mol. The van der Waals surface area contributed by atoms with E-state index in [1.54, 1.807) is 0 Å². The van der Waals surface area contributed by atoms with Crippen molar-refractivity contribution in [2.45, 2.75) is 17.9 Å². The molecule has 0 amide bonds. The van der Waals surface area contributed by atoms with Crippen LogP contribution in [0.15, 0.2) is 39.5 Å². The molecular formula is C12H32N4O3Si. The molecule has 7 nitrogen and oxygen atoms in total. The van der Waals surface area contributed by atoms with Crippen LogP contribution in [0.5, 0.6) is 0 Å². The Morgan fingerprint density at radius 2 is 1.10 bits per heavy atom. The van der Waals surface area contributed by atoms with Crippen LogP contribution in [-0.4, -0.2) is 41.6 Å². The second-order valence-electron chi connectivity index (χ2n) is 3.14. The number of hydrogen-bond donors (Lipinski definition) is 4. The lowest BCUT2D eigenvalue weighted by Gasteiger charge is -2.33. The highest BCUT2D eigenvalue weighted by atomic mass is 28.4. The van der Waals surface area contributed by atoms with E-state index in [-0.39, 0.29) is 6.42 Å². The molecule has 1 atom stereocenters. The maximum Gasteiger partial charge on any atom is 0.517 e. The normalized spacial score (nSPS) is 11.6. The van der Waals surface area contributed by atoms with E-state index in [1.807, 2.05) is 0 Å². The van der Waals surface area contributed by atoms with Crippen molar-refractivity contribution in [3.8, 4) is 0 Å². The Balaban J connectivity index is -0.000000187. The molecule has 1 unspecified atom stereocenters. The van der Waals surface area contributed by atoms with Crippen LogP contribution in [0.3, 0.4) is 0 Å². The van der Waals surface area contributed by atoms with Gasteiger partial charge < -0.3 is 36.2 Å². The molecule has 0 saturated carbocycles. The zero-order valence-corrected chi connectivity index (χ0v) is 14.1. The lowest BCUT2D eigenvalue weighted by molar-refractivity contribution is 0.107. The van der Waals surface area contributed by atoms with E-state index in [1.165, 1.54) is 21.3 Å². The molecule has 0 aromatic carbocycles. The van der Waals surface area contributed by atoms with Gasteiger partial charge in [-0.05, 0) is 0 Å². The monoisotopic (exact) mass is 308 g/mol. The molecule has 0 saturated heterocycles. The first-order valence-electron chi connectivity index (χ1n) is 5.59. The quantitative estimate of drug-likeness (QED) is 0.310. The van der Waals surface area contributed by atoms with Crippen LogP contribution < -0.4 is 22.9 Å². The highest BCUT2D eigenvalue weighted by Crippen LogP contribution is 2.14. The summed E-state index contributed by atoms with van der Waals surface area (Å²) < 4.78 is 15.4. The molecule has 0 aliphatic carbocycles. The Morgan fingerprint density at radius 1 is 0.850 bits per heavy atom.